The molecule has 6 nitrogen and oxygen atoms in total. The van der Waals surface area contributed by atoms with Gasteiger partial charge in [-0.05, 0) is 30.3 Å². The molecule has 1 aromatic carbocycles. The molecule has 0 bridgehead atoms. The Morgan fingerprint density at radius 3 is 2.33 bits per heavy atom. The first-order valence-electron chi connectivity index (χ1n) is 8.19. The summed E-state index contributed by atoms with van der Waals surface area (Å²) in [6, 6.07) is 6.94. The molecule has 0 amide bonds. The van der Waals surface area contributed by atoms with Crippen molar-refractivity contribution < 1.29 is 4.39 Å². The van der Waals surface area contributed by atoms with E-state index in [4.69, 9.17) is 5.73 Å². The van der Waals surface area contributed by atoms with Crippen molar-refractivity contribution in [3.63, 3.8) is 0 Å². The minimum Gasteiger partial charge on any atom is -0.368 e. The van der Waals surface area contributed by atoms with E-state index in [9.17, 15) is 4.39 Å². The Labute approximate surface area is 140 Å². The average molecular weight is 328 g/mol. The molecule has 4 rings (SSSR count). The summed E-state index contributed by atoms with van der Waals surface area (Å²) < 4.78 is 13.4. The van der Waals surface area contributed by atoms with Gasteiger partial charge < -0.3 is 20.4 Å². The van der Waals surface area contributed by atoms with E-state index < -0.39 is 0 Å². The van der Waals surface area contributed by atoms with Crippen molar-refractivity contribution in [2.24, 2.45) is 0 Å². The monoisotopic (exact) mass is 328 g/mol. The molecule has 2 aliphatic heterocycles. The maximum Gasteiger partial charge on any atom is 0.223 e. The van der Waals surface area contributed by atoms with Crippen molar-refractivity contribution in [3.8, 4) is 0 Å². The maximum atomic E-state index is 13.4. The largest absolute Gasteiger partial charge is 0.368 e. The molecular weight excluding hydrogens is 307 g/mol. The van der Waals surface area contributed by atoms with Crippen molar-refractivity contribution in [2.75, 3.05) is 48.8 Å². The highest BCUT2D eigenvalue weighted by Gasteiger charge is 2.23. The highest BCUT2D eigenvalue weighted by Crippen LogP contribution is 2.29. The van der Waals surface area contributed by atoms with Gasteiger partial charge in [-0.3, -0.25) is 0 Å². The number of hydrogen-bond donors (Lipinski definition) is 1. The molecule has 2 aliphatic rings. The lowest BCUT2D eigenvalue weighted by Crippen LogP contribution is -2.45. The fraction of sp³-hybridized carbons (Fsp3) is 0.412. The first-order chi connectivity index (χ1) is 11.6. The van der Waals surface area contributed by atoms with E-state index in [1.165, 1.54) is 6.07 Å². The van der Waals surface area contributed by atoms with Gasteiger partial charge in [0.1, 0.15) is 17.5 Å². The average Bonchev–Trinajstić information content (AvgIpc) is 2.98. The summed E-state index contributed by atoms with van der Waals surface area (Å²) in [6.45, 7) is 5.23. The molecule has 0 spiro atoms. The molecular formula is C17H21FN6. The molecule has 0 unspecified atom stereocenters. The van der Waals surface area contributed by atoms with Gasteiger partial charge in [-0.25, -0.2) is 4.39 Å². The third-order valence-electron chi connectivity index (χ3n) is 4.76. The quantitative estimate of drug-likeness (QED) is 0.901. The minimum atomic E-state index is -0.198. The Hall–Kier alpha value is -2.41. The van der Waals surface area contributed by atoms with E-state index in [0.29, 0.717) is 13.1 Å². The van der Waals surface area contributed by atoms with E-state index in [0.717, 1.165) is 48.9 Å². The van der Waals surface area contributed by atoms with Crippen LogP contribution in [-0.2, 0) is 13.1 Å². The summed E-state index contributed by atoms with van der Waals surface area (Å²) in [6.07, 6.45) is 0. The van der Waals surface area contributed by atoms with E-state index in [-0.39, 0.29) is 11.8 Å². The third kappa shape index (κ3) is 2.87. The number of nitrogen functional groups attached to an aromatic ring is 1. The van der Waals surface area contributed by atoms with Gasteiger partial charge in [-0.1, -0.05) is 6.07 Å². The first-order valence-corrected chi connectivity index (χ1v) is 8.19. The standard InChI is InChI=1S/C17H21FN6/c1-22-4-6-23(7-5-22)15-9-16(21-17(19)20-15)24-10-12-2-3-14(18)8-13(12)11-24/h2-3,8-9H,4-7,10-11H2,1H3,(H2,19,20,21). The van der Waals surface area contributed by atoms with Crippen molar-refractivity contribution in [1.82, 2.24) is 14.9 Å². The maximum absolute atomic E-state index is 13.4. The molecule has 0 saturated carbocycles. The van der Waals surface area contributed by atoms with E-state index in [2.05, 4.69) is 31.7 Å². The van der Waals surface area contributed by atoms with Crippen LogP contribution in [0.5, 0.6) is 0 Å². The number of anilines is 3. The van der Waals surface area contributed by atoms with Gasteiger partial charge in [-0.2, -0.15) is 9.97 Å². The Bertz CT molecular complexity index is 757. The van der Waals surface area contributed by atoms with Crippen LogP contribution in [0.1, 0.15) is 11.1 Å². The van der Waals surface area contributed by atoms with Gasteiger partial charge in [0.05, 0.1) is 0 Å². The molecule has 0 aliphatic carbocycles. The Morgan fingerprint density at radius 2 is 1.58 bits per heavy atom. The lowest BCUT2D eigenvalue weighted by molar-refractivity contribution is 0.312. The van der Waals surface area contributed by atoms with E-state index in [1.807, 2.05) is 12.1 Å². The zero-order valence-corrected chi connectivity index (χ0v) is 13.7. The fourth-order valence-corrected chi connectivity index (χ4v) is 3.32. The van der Waals surface area contributed by atoms with Gasteiger partial charge >= 0.3 is 0 Å². The lowest BCUT2D eigenvalue weighted by atomic mass is 10.1. The predicted molar refractivity (Wildman–Crippen MR) is 92.4 cm³/mol. The molecule has 0 atom stereocenters. The zero-order chi connectivity index (χ0) is 16.7. The SMILES string of the molecule is CN1CCN(c2cc(N3Cc4ccc(F)cc4C3)nc(N)n2)CC1. The number of fused-ring (bicyclic) bond motifs is 1. The normalized spacial score (nSPS) is 18.1. The summed E-state index contributed by atoms with van der Waals surface area (Å²) >= 11 is 0. The van der Waals surface area contributed by atoms with Crippen LogP contribution in [0, 0.1) is 5.82 Å². The number of aromatic nitrogens is 2. The summed E-state index contributed by atoms with van der Waals surface area (Å²) in [7, 11) is 2.12. The molecule has 1 aromatic heterocycles. The van der Waals surface area contributed by atoms with Crippen LogP contribution in [0.3, 0.4) is 0 Å². The van der Waals surface area contributed by atoms with Gasteiger partial charge in [0, 0.05) is 45.3 Å². The summed E-state index contributed by atoms with van der Waals surface area (Å²) in [5, 5.41) is 0. The first kappa shape index (κ1) is 15.1. The highest BCUT2D eigenvalue weighted by molar-refractivity contribution is 5.56. The molecule has 7 heteroatoms. The summed E-state index contributed by atoms with van der Waals surface area (Å²) in [4.78, 5) is 15.4. The van der Waals surface area contributed by atoms with Gasteiger partial charge in [0.25, 0.3) is 0 Å². The molecule has 126 valence electrons. The minimum absolute atomic E-state index is 0.198. The second-order valence-electron chi connectivity index (χ2n) is 6.50. The summed E-state index contributed by atoms with van der Waals surface area (Å²) in [5.41, 5.74) is 8.09. The number of halogens is 1. The number of piperazine rings is 1. The van der Waals surface area contributed by atoms with Crippen molar-refractivity contribution >= 4 is 17.6 Å². The molecule has 2 N–H and O–H groups in total. The molecule has 3 heterocycles. The molecule has 24 heavy (non-hydrogen) atoms. The lowest BCUT2D eigenvalue weighted by Gasteiger charge is -2.33. The van der Waals surface area contributed by atoms with Crippen LogP contribution in [-0.4, -0.2) is 48.1 Å². The second kappa shape index (κ2) is 5.90. The molecule has 1 fully saturated rings. The number of likely N-dealkylation sites (N-methyl/N-ethyl adjacent to an activating group) is 1. The smallest absolute Gasteiger partial charge is 0.223 e. The second-order valence-corrected chi connectivity index (χ2v) is 6.50. The van der Waals surface area contributed by atoms with Crippen LogP contribution in [0.25, 0.3) is 0 Å². The number of nitrogens with zero attached hydrogens (tertiary/aromatic N) is 5. The van der Waals surface area contributed by atoms with Gasteiger partial charge in [0.2, 0.25) is 5.95 Å². The Morgan fingerprint density at radius 1 is 0.917 bits per heavy atom. The zero-order valence-electron chi connectivity index (χ0n) is 13.7. The van der Waals surface area contributed by atoms with Gasteiger partial charge in [0.15, 0.2) is 0 Å². The van der Waals surface area contributed by atoms with Crippen LogP contribution >= 0.6 is 0 Å². The third-order valence-corrected chi connectivity index (χ3v) is 4.76. The molecule has 2 aromatic rings. The Balaban J connectivity index is 1.58. The number of benzene rings is 1. The topological polar surface area (TPSA) is 61.5 Å². The fourth-order valence-electron chi connectivity index (χ4n) is 3.32. The predicted octanol–water partition coefficient (Wildman–Crippen LogP) is 1.47. The number of rotatable bonds is 2. The van der Waals surface area contributed by atoms with E-state index >= 15 is 0 Å². The van der Waals surface area contributed by atoms with Crippen LogP contribution < -0.4 is 15.5 Å². The van der Waals surface area contributed by atoms with Crippen molar-refractivity contribution in [2.45, 2.75) is 13.1 Å². The summed E-state index contributed by atoms with van der Waals surface area (Å²) in [5.74, 6) is 1.75. The van der Waals surface area contributed by atoms with Gasteiger partial charge in [-0.15, -0.1) is 0 Å². The van der Waals surface area contributed by atoms with Crippen molar-refractivity contribution in [3.05, 3.63) is 41.2 Å². The number of hydrogen-bond acceptors (Lipinski definition) is 6. The van der Waals surface area contributed by atoms with Crippen LogP contribution in [0.4, 0.5) is 22.0 Å². The molecule has 1 saturated heterocycles. The molecule has 0 radical (unpaired) electrons. The Kier molecular flexibility index (Phi) is 3.72. The van der Waals surface area contributed by atoms with E-state index in [1.54, 1.807) is 6.07 Å². The highest BCUT2D eigenvalue weighted by atomic mass is 19.1. The number of nitrogens with two attached hydrogens (primary N) is 1. The van der Waals surface area contributed by atoms with Crippen molar-refractivity contribution in [1.29, 1.82) is 0 Å². The van der Waals surface area contributed by atoms with Crippen LogP contribution in [0.2, 0.25) is 0 Å². The van der Waals surface area contributed by atoms with Crippen LogP contribution in [0.15, 0.2) is 24.3 Å².